The molecule has 0 aromatic rings. The van der Waals surface area contributed by atoms with Gasteiger partial charge in [0.25, 0.3) is 0 Å². The zero-order valence-electron chi connectivity index (χ0n) is 5.05. The lowest BCUT2D eigenvalue weighted by Crippen LogP contribution is -2.34. The molecule has 0 spiro atoms. The van der Waals surface area contributed by atoms with E-state index in [0.717, 1.165) is 19.5 Å². The lowest BCUT2D eigenvalue weighted by atomic mass is 10.3. The van der Waals surface area contributed by atoms with Crippen molar-refractivity contribution in [3.05, 3.63) is 0 Å². The Morgan fingerprint density at radius 3 is 3.00 bits per heavy atom. The van der Waals surface area contributed by atoms with Crippen LogP contribution in [-0.2, 0) is 0 Å². The number of hydrogen-bond donors (Lipinski definition) is 3. The maximum Gasteiger partial charge on any atom is 0.404 e. The van der Waals surface area contributed by atoms with Crippen LogP contribution in [0.2, 0.25) is 0 Å². The van der Waals surface area contributed by atoms with Gasteiger partial charge in [0.15, 0.2) is 0 Å². The first-order valence-corrected chi connectivity index (χ1v) is 2.99. The van der Waals surface area contributed by atoms with Crippen molar-refractivity contribution >= 4 is 6.09 Å². The van der Waals surface area contributed by atoms with Gasteiger partial charge in [0.2, 0.25) is 0 Å². The summed E-state index contributed by atoms with van der Waals surface area (Å²) in [4.78, 5) is 10.0. The second-order valence-corrected chi connectivity index (χ2v) is 2.14. The first-order chi connectivity index (χ1) is 4.29. The normalized spacial score (nSPS) is 26.0. The van der Waals surface area contributed by atoms with Crippen LogP contribution in [0.15, 0.2) is 0 Å². The fraction of sp³-hybridized carbons (Fsp3) is 0.800. The lowest BCUT2D eigenvalue weighted by molar-refractivity contribution is 0.190. The van der Waals surface area contributed by atoms with Gasteiger partial charge in [-0.05, 0) is 13.0 Å². The Kier molecular flexibility index (Phi) is 1.89. The molecule has 1 heterocycles. The van der Waals surface area contributed by atoms with E-state index in [4.69, 9.17) is 5.11 Å². The molecule has 1 saturated heterocycles. The number of carboxylic acid groups (broad SMARTS) is 1. The van der Waals surface area contributed by atoms with E-state index in [2.05, 4.69) is 10.6 Å². The highest BCUT2D eigenvalue weighted by Crippen LogP contribution is 1.95. The molecule has 1 rings (SSSR count). The molecule has 52 valence electrons. The molecule has 0 aromatic heterocycles. The van der Waals surface area contributed by atoms with Crippen molar-refractivity contribution in [3.63, 3.8) is 0 Å². The monoisotopic (exact) mass is 130 g/mol. The van der Waals surface area contributed by atoms with Crippen molar-refractivity contribution in [2.75, 3.05) is 13.1 Å². The van der Waals surface area contributed by atoms with Crippen molar-refractivity contribution in [3.8, 4) is 0 Å². The van der Waals surface area contributed by atoms with E-state index in [1.807, 2.05) is 0 Å². The zero-order chi connectivity index (χ0) is 6.69. The summed E-state index contributed by atoms with van der Waals surface area (Å²) in [7, 11) is 0. The van der Waals surface area contributed by atoms with Crippen LogP contribution in [0.1, 0.15) is 6.42 Å². The van der Waals surface area contributed by atoms with Gasteiger partial charge in [-0.3, -0.25) is 0 Å². The first kappa shape index (κ1) is 6.35. The molecular weight excluding hydrogens is 120 g/mol. The van der Waals surface area contributed by atoms with Gasteiger partial charge in [-0.25, -0.2) is 4.79 Å². The minimum Gasteiger partial charge on any atom is -0.465 e. The molecule has 0 radical (unpaired) electrons. The number of hydrogen-bond acceptors (Lipinski definition) is 2. The summed E-state index contributed by atoms with van der Waals surface area (Å²) < 4.78 is 0. The van der Waals surface area contributed by atoms with Gasteiger partial charge in [0.05, 0.1) is 0 Å². The maximum atomic E-state index is 10.0. The largest absolute Gasteiger partial charge is 0.465 e. The summed E-state index contributed by atoms with van der Waals surface area (Å²) in [5.41, 5.74) is 0. The van der Waals surface area contributed by atoms with Crippen LogP contribution in [0.3, 0.4) is 0 Å². The average Bonchev–Trinajstić information content (AvgIpc) is 2.15. The SMILES string of the molecule is O=C(O)N[C@@H]1CCNC1. The third-order valence-corrected chi connectivity index (χ3v) is 1.39. The summed E-state index contributed by atoms with van der Waals surface area (Å²) in [6.45, 7) is 1.69. The van der Waals surface area contributed by atoms with Crippen molar-refractivity contribution in [2.45, 2.75) is 12.5 Å². The number of nitrogens with one attached hydrogen (secondary N) is 2. The second kappa shape index (κ2) is 2.68. The third-order valence-electron chi connectivity index (χ3n) is 1.39. The number of rotatable bonds is 1. The van der Waals surface area contributed by atoms with Crippen LogP contribution in [-0.4, -0.2) is 30.3 Å². The van der Waals surface area contributed by atoms with Crippen molar-refractivity contribution in [1.29, 1.82) is 0 Å². The summed E-state index contributed by atoms with van der Waals surface area (Å²) in [5, 5.41) is 13.7. The second-order valence-electron chi connectivity index (χ2n) is 2.14. The summed E-state index contributed by atoms with van der Waals surface area (Å²) in [5.74, 6) is 0. The third kappa shape index (κ3) is 1.89. The molecule has 4 heteroatoms. The fourth-order valence-electron chi connectivity index (χ4n) is 0.952. The van der Waals surface area contributed by atoms with Crippen LogP contribution < -0.4 is 10.6 Å². The molecule has 1 atom stereocenters. The minimum atomic E-state index is -0.927. The van der Waals surface area contributed by atoms with Gasteiger partial charge in [-0.1, -0.05) is 0 Å². The molecule has 0 bridgehead atoms. The Balaban J connectivity index is 2.19. The standard InChI is InChI=1S/C5H10N2O2/c8-5(9)7-4-1-2-6-3-4/h4,6-7H,1-3H2,(H,8,9)/t4-/m1/s1. The molecule has 0 saturated carbocycles. The van der Waals surface area contributed by atoms with E-state index in [1.54, 1.807) is 0 Å². The molecule has 1 aliphatic rings. The smallest absolute Gasteiger partial charge is 0.404 e. The van der Waals surface area contributed by atoms with Gasteiger partial charge in [0, 0.05) is 12.6 Å². The average molecular weight is 130 g/mol. The van der Waals surface area contributed by atoms with Crippen LogP contribution in [0.5, 0.6) is 0 Å². The molecular formula is C5H10N2O2. The van der Waals surface area contributed by atoms with E-state index in [0.29, 0.717) is 0 Å². The van der Waals surface area contributed by atoms with Crippen LogP contribution in [0, 0.1) is 0 Å². The Morgan fingerprint density at radius 2 is 2.56 bits per heavy atom. The summed E-state index contributed by atoms with van der Waals surface area (Å²) >= 11 is 0. The van der Waals surface area contributed by atoms with Crippen LogP contribution >= 0.6 is 0 Å². The summed E-state index contributed by atoms with van der Waals surface area (Å²) in [6, 6.07) is 0.127. The molecule has 4 nitrogen and oxygen atoms in total. The highest BCUT2D eigenvalue weighted by Gasteiger charge is 2.14. The Morgan fingerprint density at radius 1 is 1.78 bits per heavy atom. The van der Waals surface area contributed by atoms with Gasteiger partial charge >= 0.3 is 6.09 Å². The fourth-order valence-corrected chi connectivity index (χ4v) is 0.952. The van der Waals surface area contributed by atoms with E-state index in [-0.39, 0.29) is 6.04 Å². The quantitative estimate of drug-likeness (QED) is 0.453. The molecule has 0 aliphatic carbocycles. The van der Waals surface area contributed by atoms with Gasteiger partial charge in [-0.2, -0.15) is 0 Å². The van der Waals surface area contributed by atoms with Gasteiger partial charge in [0.1, 0.15) is 0 Å². The molecule has 1 aliphatic heterocycles. The van der Waals surface area contributed by atoms with Crippen LogP contribution in [0.25, 0.3) is 0 Å². The highest BCUT2D eigenvalue weighted by molar-refractivity contribution is 5.64. The predicted octanol–water partition coefficient (Wildman–Crippen LogP) is -0.384. The lowest BCUT2D eigenvalue weighted by Gasteiger charge is -2.05. The molecule has 1 amide bonds. The van der Waals surface area contributed by atoms with Gasteiger partial charge in [-0.15, -0.1) is 0 Å². The summed E-state index contributed by atoms with van der Waals surface area (Å²) in [6.07, 6.45) is -0.0181. The molecule has 9 heavy (non-hydrogen) atoms. The highest BCUT2D eigenvalue weighted by atomic mass is 16.4. The van der Waals surface area contributed by atoms with E-state index >= 15 is 0 Å². The Labute approximate surface area is 53.2 Å². The van der Waals surface area contributed by atoms with E-state index < -0.39 is 6.09 Å². The zero-order valence-corrected chi connectivity index (χ0v) is 5.05. The van der Waals surface area contributed by atoms with Gasteiger partial charge < -0.3 is 15.7 Å². The first-order valence-electron chi connectivity index (χ1n) is 2.99. The molecule has 3 N–H and O–H groups in total. The topological polar surface area (TPSA) is 61.4 Å². The molecule has 0 unspecified atom stereocenters. The van der Waals surface area contributed by atoms with Crippen LogP contribution in [0.4, 0.5) is 4.79 Å². The van der Waals surface area contributed by atoms with E-state index in [9.17, 15) is 4.79 Å². The minimum absolute atomic E-state index is 0.127. The number of carbonyl (C=O) groups is 1. The van der Waals surface area contributed by atoms with Crippen molar-refractivity contribution in [2.24, 2.45) is 0 Å². The van der Waals surface area contributed by atoms with Crippen molar-refractivity contribution < 1.29 is 9.90 Å². The number of amides is 1. The Bertz CT molecular complexity index is 110. The molecule has 1 fully saturated rings. The molecule has 0 aromatic carbocycles. The Hall–Kier alpha value is -0.770. The maximum absolute atomic E-state index is 10.0. The van der Waals surface area contributed by atoms with Crippen molar-refractivity contribution in [1.82, 2.24) is 10.6 Å². The predicted molar refractivity (Wildman–Crippen MR) is 32.4 cm³/mol. The van der Waals surface area contributed by atoms with E-state index in [1.165, 1.54) is 0 Å².